The van der Waals surface area contributed by atoms with Crippen LogP contribution in [-0.2, 0) is 15.6 Å². The molecule has 0 fully saturated rings. The predicted octanol–water partition coefficient (Wildman–Crippen LogP) is 0.586. The van der Waals surface area contributed by atoms with E-state index in [1.807, 2.05) is 0 Å². The predicted molar refractivity (Wildman–Crippen MR) is 87.0 cm³/mol. The molecule has 0 aliphatic carbocycles. The summed E-state index contributed by atoms with van der Waals surface area (Å²) in [4.78, 5) is 11.4. The third-order valence-electron chi connectivity index (χ3n) is 4.10. The molecule has 12 heteroatoms. The number of sulfonamides is 1. The molecule has 2 unspecified atom stereocenters. The van der Waals surface area contributed by atoms with Gasteiger partial charge in [0.25, 0.3) is 15.7 Å². The summed E-state index contributed by atoms with van der Waals surface area (Å²) in [6.45, 7) is 0. The van der Waals surface area contributed by atoms with Crippen LogP contribution in [0.25, 0.3) is 10.8 Å². The van der Waals surface area contributed by atoms with Gasteiger partial charge in [0.2, 0.25) is 0 Å². The van der Waals surface area contributed by atoms with Crippen LogP contribution in [0.1, 0.15) is 5.56 Å². The average Bonchev–Trinajstić information content (AvgIpc) is 2.84. The van der Waals surface area contributed by atoms with E-state index < -0.39 is 43.2 Å². The second kappa shape index (κ2) is 5.76. The molecule has 0 saturated carbocycles. The number of anilines is 1. The summed E-state index contributed by atoms with van der Waals surface area (Å²) >= 11 is 5.78. The first kappa shape index (κ1) is 17.8. The molecule has 0 saturated heterocycles. The van der Waals surface area contributed by atoms with Gasteiger partial charge in [-0.1, -0.05) is 11.0 Å². The normalized spacial score (nSPS) is 22.6. The molecule has 0 amide bonds. The van der Waals surface area contributed by atoms with E-state index in [9.17, 15) is 28.7 Å². The Morgan fingerprint density at radius 1 is 1.36 bits per heavy atom. The number of hydrogen-bond donors (Lipinski definition) is 5. The summed E-state index contributed by atoms with van der Waals surface area (Å²) in [5, 5.41) is 43.3. The number of rotatable bonds is 4. The van der Waals surface area contributed by atoms with Gasteiger partial charge in [0, 0.05) is 17.3 Å². The second-order valence-corrected chi connectivity index (χ2v) is 7.41. The number of aliphatic hydroxyl groups excluding tert-OH is 1. The fraction of sp³-hybridized carbons (Fsp3) is 0.231. The van der Waals surface area contributed by atoms with Crippen molar-refractivity contribution in [2.45, 2.75) is 16.7 Å². The molecule has 0 spiro atoms. The Kier molecular flexibility index (Phi) is 4.10. The highest BCUT2D eigenvalue weighted by Gasteiger charge is 2.46. The summed E-state index contributed by atoms with van der Waals surface area (Å²) < 4.78 is 23.5. The summed E-state index contributed by atoms with van der Waals surface area (Å²) in [7, 11) is -4.26. The molecular formula is C13H12ClN3O7S. The minimum atomic E-state index is -4.26. The van der Waals surface area contributed by atoms with E-state index in [0.29, 0.717) is 0 Å². The van der Waals surface area contributed by atoms with Gasteiger partial charge in [0.1, 0.15) is 5.60 Å². The Balaban J connectivity index is 2.42. The minimum absolute atomic E-state index is 0.0977. The molecule has 3 rings (SSSR count). The first-order chi connectivity index (χ1) is 11.7. The van der Waals surface area contributed by atoms with Crippen LogP contribution in [0.3, 0.4) is 0 Å². The SMILES string of the molecule is O=[N+]([O-])c1cc2c(c3ccc(S(=O)(=O)NO)cc13)C(O)(CCl)C(O)N2. The van der Waals surface area contributed by atoms with Crippen LogP contribution in [0.15, 0.2) is 29.2 Å². The fourth-order valence-electron chi connectivity index (χ4n) is 2.88. The van der Waals surface area contributed by atoms with Crippen molar-refractivity contribution in [1.29, 1.82) is 0 Å². The Morgan fingerprint density at radius 3 is 2.60 bits per heavy atom. The van der Waals surface area contributed by atoms with E-state index in [1.165, 1.54) is 6.07 Å². The van der Waals surface area contributed by atoms with Crippen LogP contribution in [0, 0.1) is 10.1 Å². The molecule has 2 aromatic carbocycles. The maximum atomic E-state index is 11.7. The van der Waals surface area contributed by atoms with E-state index in [4.69, 9.17) is 16.8 Å². The molecule has 25 heavy (non-hydrogen) atoms. The van der Waals surface area contributed by atoms with Crippen molar-refractivity contribution in [3.05, 3.63) is 39.9 Å². The Labute approximate surface area is 145 Å². The molecule has 2 atom stereocenters. The fourth-order valence-corrected chi connectivity index (χ4v) is 3.78. The number of hydrogen-bond acceptors (Lipinski definition) is 8. The van der Waals surface area contributed by atoms with E-state index in [-0.39, 0.29) is 22.0 Å². The first-order valence-corrected chi connectivity index (χ1v) is 8.82. The second-order valence-electron chi connectivity index (χ2n) is 5.48. The summed E-state index contributed by atoms with van der Waals surface area (Å²) in [5.74, 6) is -0.403. The van der Waals surface area contributed by atoms with Crippen LogP contribution in [0.2, 0.25) is 0 Å². The lowest BCUT2D eigenvalue weighted by Gasteiger charge is -2.25. The summed E-state index contributed by atoms with van der Waals surface area (Å²) in [6, 6.07) is 4.41. The van der Waals surface area contributed by atoms with Crippen molar-refractivity contribution < 1.29 is 28.8 Å². The number of nitro groups is 1. The average molecular weight is 390 g/mol. The van der Waals surface area contributed by atoms with Gasteiger partial charge in [-0.25, -0.2) is 8.42 Å². The van der Waals surface area contributed by atoms with Crippen LogP contribution in [-0.4, -0.2) is 40.9 Å². The number of benzene rings is 2. The van der Waals surface area contributed by atoms with Gasteiger partial charge in [-0.15, -0.1) is 11.6 Å². The molecule has 0 bridgehead atoms. The lowest BCUT2D eigenvalue weighted by Crippen LogP contribution is -2.40. The maximum Gasteiger partial charge on any atom is 0.279 e. The summed E-state index contributed by atoms with van der Waals surface area (Å²) in [5.41, 5.74) is -2.12. The summed E-state index contributed by atoms with van der Waals surface area (Å²) in [6.07, 6.45) is -1.49. The number of aliphatic hydroxyl groups is 2. The highest BCUT2D eigenvalue weighted by molar-refractivity contribution is 7.89. The molecule has 0 radical (unpaired) electrons. The quantitative estimate of drug-likeness (QED) is 0.288. The first-order valence-electron chi connectivity index (χ1n) is 6.80. The zero-order valence-corrected chi connectivity index (χ0v) is 13.9. The highest BCUT2D eigenvalue weighted by Crippen LogP contribution is 2.46. The smallest absolute Gasteiger partial charge is 0.279 e. The standard InChI is InChI=1S/C13H12ClN3O7S/c14-5-13(19)11-7-2-1-6(25(23,24)16-20)3-8(7)10(17(21)22)4-9(11)15-12(13)18/h1-4,12,15-16,18-20H,5H2. The largest absolute Gasteiger partial charge is 0.379 e. The van der Waals surface area contributed by atoms with Crippen molar-refractivity contribution in [3.8, 4) is 0 Å². The molecular weight excluding hydrogens is 378 g/mol. The third-order valence-corrected chi connectivity index (χ3v) is 5.62. The molecule has 1 aliphatic rings. The van der Waals surface area contributed by atoms with Gasteiger partial charge in [0.05, 0.1) is 21.1 Å². The molecule has 1 heterocycles. The van der Waals surface area contributed by atoms with Crippen molar-refractivity contribution in [1.82, 2.24) is 4.89 Å². The molecule has 2 aromatic rings. The molecule has 1 aliphatic heterocycles. The molecule has 0 aromatic heterocycles. The van der Waals surface area contributed by atoms with E-state index in [1.54, 1.807) is 0 Å². The van der Waals surface area contributed by atoms with Gasteiger partial charge in [-0.3, -0.25) is 10.1 Å². The van der Waals surface area contributed by atoms with Gasteiger partial charge in [0.15, 0.2) is 6.23 Å². The van der Waals surface area contributed by atoms with Crippen LogP contribution >= 0.6 is 11.6 Å². The Hall–Kier alpha value is -2.02. The van der Waals surface area contributed by atoms with Crippen molar-refractivity contribution in [2.75, 3.05) is 11.2 Å². The number of nitrogens with zero attached hydrogens (tertiary/aromatic N) is 1. The van der Waals surface area contributed by atoms with Gasteiger partial charge < -0.3 is 20.7 Å². The zero-order valence-electron chi connectivity index (χ0n) is 12.3. The van der Waals surface area contributed by atoms with E-state index in [0.717, 1.165) is 23.1 Å². The van der Waals surface area contributed by atoms with Crippen molar-refractivity contribution in [3.63, 3.8) is 0 Å². The van der Waals surface area contributed by atoms with Crippen molar-refractivity contribution in [2.24, 2.45) is 0 Å². The number of alkyl halides is 1. The monoisotopic (exact) mass is 389 g/mol. The highest BCUT2D eigenvalue weighted by atomic mass is 35.5. The molecule has 10 nitrogen and oxygen atoms in total. The van der Waals surface area contributed by atoms with Gasteiger partial charge in [-0.2, -0.15) is 0 Å². The van der Waals surface area contributed by atoms with Crippen LogP contribution in [0.5, 0.6) is 0 Å². The third kappa shape index (κ3) is 2.52. The minimum Gasteiger partial charge on any atom is -0.379 e. The van der Waals surface area contributed by atoms with Crippen LogP contribution in [0.4, 0.5) is 11.4 Å². The topological polar surface area (TPSA) is 162 Å². The van der Waals surface area contributed by atoms with E-state index >= 15 is 0 Å². The van der Waals surface area contributed by atoms with Crippen LogP contribution < -0.4 is 10.2 Å². The number of non-ortho nitro benzene ring substituents is 1. The number of nitrogens with one attached hydrogen (secondary N) is 2. The van der Waals surface area contributed by atoms with Crippen molar-refractivity contribution >= 4 is 43.8 Å². The Bertz CT molecular complexity index is 997. The number of nitro benzene ring substituents is 1. The lowest BCUT2D eigenvalue weighted by molar-refractivity contribution is -0.383. The zero-order chi connectivity index (χ0) is 18.6. The van der Waals surface area contributed by atoms with Gasteiger partial charge >= 0.3 is 0 Å². The molecule has 134 valence electrons. The van der Waals surface area contributed by atoms with Gasteiger partial charge in [-0.05, 0) is 17.5 Å². The Morgan fingerprint density at radius 2 is 2.04 bits per heavy atom. The maximum absolute atomic E-state index is 11.7. The molecule has 5 N–H and O–H groups in total. The number of fused-ring (bicyclic) bond motifs is 3. The lowest BCUT2D eigenvalue weighted by atomic mass is 9.90. The van der Waals surface area contributed by atoms with E-state index in [2.05, 4.69) is 5.32 Å². The number of halogens is 1.